The molecule has 1 aromatic heterocycles. The molecule has 6 nitrogen and oxygen atoms in total. The van der Waals surface area contributed by atoms with Crippen molar-refractivity contribution < 1.29 is 4.79 Å². The summed E-state index contributed by atoms with van der Waals surface area (Å²) in [5.41, 5.74) is 7.17. The number of likely N-dealkylation sites (N-methyl/N-ethyl adjacent to an activating group) is 1. The Morgan fingerprint density at radius 2 is 1.97 bits per heavy atom. The van der Waals surface area contributed by atoms with Gasteiger partial charge in [0.25, 0.3) is 0 Å². The molecule has 1 fully saturated rings. The second-order valence-corrected chi connectivity index (χ2v) is 7.95. The van der Waals surface area contributed by atoms with E-state index in [1.807, 2.05) is 42.5 Å². The van der Waals surface area contributed by atoms with Crippen LogP contribution < -0.4 is 5.73 Å². The zero-order valence-electron chi connectivity index (χ0n) is 16.4. The minimum atomic E-state index is -0.996. The number of halogens is 1. The molecule has 1 amide bonds. The SMILES string of the molecule is CN1CCN(C2=NCC(C(N)=O)(c3ccc(Cl)c(-c4ccccn4)c3)C=C2)CC1. The van der Waals surface area contributed by atoms with Gasteiger partial charge in [0.1, 0.15) is 11.3 Å². The average Bonchev–Trinajstić information content (AvgIpc) is 2.75. The van der Waals surface area contributed by atoms with E-state index in [2.05, 4.69) is 21.8 Å². The third kappa shape index (κ3) is 3.78. The Hall–Kier alpha value is -2.70. The summed E-state index contributed by atoms with van der Waals surface area (Å²) in [4.78, 5) is 26.2. The van der Waals surface area contributed by atoms with Gasteiger partial charge in [0.15, 0.2) is 0 Å². The molecule has 0 radical (unpaired) electrons. The van der Waals surface area contributed by atoms with Crippen molar-refractivity contribution in [2.45, 2.75) is 5.41 Å². The van der Waals surface area contributed by atoms with Gasteiger partial charge < -0.3 is 15.5 Å². The number of nitrogens with two attached hydrogens (primary N) is 1. The Balaban J connectivity index is 1.66. The summed E-state index contributed by atoms with van der Waals surface area (Å²) >= 11 is 6.42. The number of aliphatic imine (C=N–C) groups is 1. The van der Waals surface area contributed by atoms with Crippen LogP contribution in [0.25, 0.3) is 11.3 Å². The molecule has 1 unspecified atom stereocenters. The number of carbonyl (C=O) groups is 1. The summed E-state index contributed by atoms with van der Waals surface area (Å²) in [5.74, 6) is 0.484. The van der Waals surface area contributed by atoms with Crippen molar-refractivity contribution in [1.29, 1.82) is 0 Å². The molecule has 2 aliphatic heterocycles. The van der Waals surface area contributed by atoms with Crippen LogP contribution in [0.5, 0.6) is 0 Å². The lowest BCUT2D eigenvalue weighted by atomic mass is 9.77. The van der Waals surface area contributed by atoms with Crippen molar-refractivity contribution in [3.63, 3.8) is 0 Å². The number of hydrogen-bond acceptors (Lipinski definition) is 5. The highest BCUT2D eigenvalue weighted by Gasteiger charge is 2.39. The van der Waals surface area contributed by atoms with E-state index in [9.17, 15) is 4.79 Å². The molecule has 2 aromatic rings. The minimum Gasteiger partial charge on any atom is -0.369 e. The lowest BCUT2D eigenvalue weighted by molar-refractivity contribution is -0.121. The van der Waals surface area contributed by atoms with Gasteiger partial charge in [-0.05, 0) is 43.0 Å². The van der Waals surface area contributed by atoms with E-state index in [1.54, 1.807) is 12.3 Å². The minimum absolute atomic E-state index is 0.282. The van der Waals surface area contributed by atoms with Crippen molar-refractivity contribution in [3.05, 3.63) is 65.3 Å². The van der Waals surface area contributed by atoms with Gasteiger partial charge in [-0.15, -0.1) is 0 Å². The van der Waals surface area contributed by atoms with Crippen LogP contribution in [0, 0.1) is 0 Å². The first-order valence-electron chi connectivity index (χ1n) is 9.68. The number of benzene rings is 1. The molecule has 1 atom stereocenters. The Bertz CT molecular complexity index is 966. The number of amidine groups is 1. The summed E-state index contributed by atoms with van der Waals surface area (Å²) in [7, 11) is 2.12. The smallest absolute Gasteiger partial charge is 0.233 e. The molecular formula is C22H24ClN5O. The third-order valence-corrected chi connectivity index (χ3v) is 6.03. The molecule has 0 spiro atoms. The second-order valence-electron chi connectivity index (χ2n) is 7.54. The van der Waals surface area contributed by atoms with E-state index < -0.39 is 11.3 Å². The van der Waals surface area contributed by atoms with E-state index in [0.29, 0.717) is 5.02 Å². The summed E-state index contributed by atoms with van der Waals surface area (Å²) in [6.07, 6.45) is 5.53. The zero-order valence-corrected chi connectivity index (χ0v) is 17.1. The topological polar surface area (TPSA) is 74.8 Å². The number of dihydropyridines is 1. The normalized spacial score (nSPS) is 22.4. The van der Waals surface area contributed by atoms with Crippen LogP contribution in [0.4, 0.5) is 0 Å². The van der Waals surface area contributed by atoms with Crippen LogP contribution in [0.3, 0.4) is 0 Å². The number of amides is 1. The first kappa shape index (κ1) is 19.6. The van der Waals surface area contributed by atoms with E-state index >= 15 is 0 Å². The highest BCUT2D eigenvalue weighted by Crippen LogP contribution is 2.35. The van der Waals surface area contributed by atoms with Gasteiger partial charge in [-0.25, -0.2) is 0 Å². The summed E-state index contributed by atoms with van der Waals surface area (Å²) in [5, 5.41) is 0.577. The molecule has 2 aliphatic rings. The van der Waals surface area contributed by atoms with Gasteiger partial charge in [0.05, 0.1) is 12.2 Å². The number of nitrogens with zero attached hydrogens (tertiary/aromatic N) is 4. The largest absolute Gasteiger partial charge is 0.369 e. The number of primary amides is 1. The maximum Gasteiger partial charge on any atom is 0.233 e. The highest BCUT2D eigenvalue weighted by atomic mass is 35.5. The fourth-order valence-corrected chi connectivity index (χ4v) is 3.99. The van der Waals surface area contributed by atoms with Crippen LogP contribution in [0.1, 0.15) is 5.56 Å². The van der Waals surface area contributed by atoms with Crippen LogP contribution in [0.15, 0.2) is 59.7 Å². The molecule has 4 rings (SSSR count). The van der Waals surface area contributed by atoms with Crippen molar-refractivity contribution in [2.24, 2.45) is 10.7 Å². The molecule has 0 aliphatic carbocycles. The molecule has 1 saturated heterocycles. The molecule has 150 valence electrons. The van der Waals surface area contributed by atoms with E-state index in [1.165, 1.54) is 0 Å². The monoisotopic (exact) mass is 409 g/mol. The fourth-order valence-electron chi connectivity index (χ4n) is 3.78. The number of carbonyl (C=O) groups excluding carboxylic acids is 1. The lowest BCUT2D eigenvalue weighted by Gasteiger charge is -2.36. The first-order valence-corrected chi connectivity index (χ1v) is 10.1. The highest BCUT2D eigenvalue weighted by molar-refractivity contribution is 6.33. The second kappa shape index (κ2) is 7.97. The number of pyridine rings is 1. The quantitative estimate of drug-likeness (QED) is 0.844. The Kier molecular flexibility index (Phi) is 5.39. The van der Waals surface area contributed by atoms with Gasteiger partial charge in [-0.3, -0.25) is 14.8 Å². The molecule has 1 aromatic carbocycles. The van der Waals surface area contributed by atoms with Crippen molar-refractivity contribution in [2.75, 3.05) is 39.8 Å². The van der Waals surface area contributed by atoms with Gasteiger partial charge >= 0.3 is 0 Å². The average molecular weight is 410 g/mol. The fraction of sp³-hybridized carbons (Fsp3) is 0.318. The van der Waals surface area contributed by atoms with Crippen LogP contribution >= 0.6 is 11.6 Å². The van der Waals surface area contributed by atoms with Crippen LogP contribution in [0.2, 0.25) is 5.02 Å². The molecule has 0 bridgehead atoms. The Labute approximate surface area is 175 Å². The molecule has 2 N–H and O–H groups in total. The number of aromatic nitrogens is 1. The van der Waals surface area contributed by atoms with E-state index in [-0.39, 0.29) is 6.54 Å². The standard InChI is InChI=1S/C22H24ClN5O/c1-27-10-12-28(13-11-27)20-7-8-22(15-26-20,21(24)29)16-5-6-18(23)17(14-16)19-4-2-3-9-25-19/h2-9,14H,10-13,15H2,1H3,(H2,24,29). The van der Waals surface area contributed by atoms with Crippen LogP contribution in [-0.4, -0.2) is 66.3 Å². The van der Waals surface area contributed by atoms with Gasteiger partial charge in [0.2, 0.25) is 5.91 Å². The predicted molar refractivity (Wildman–Crippen MR) is 116 cm³/mol. The van der Waals surface area contributed by atoms with Crippen molar-refractivity contribution in [3.8, 4) is 11.3 Å². The number of rotatable bonds is 3. The summed E-state index contributed by atoms with van der Waals surface area (Å²) in [6.45, 7) is 4.13. The Morgan fingerprint density at radius 3 is 2.59 bits per heavy atom. The molecule has 0 saturated carbocycles. The van der Waals surface area contributed by atoms with Gasteiger partial charge in [-0.1, -0.05) is 29.8 Å². The van der Waals surface area contributed by atoms with Crippen molar-refractivity contribution >= 4 is 23.3 Å². The zero-order chi connectivity index (χ0) is 20.4. The number of hydrogen-bond donors (Lipinski definition) is 1. The molecular weight excluding hydrogens is 386 g/mol. The van der Waals surface area contributed by atoms with Gasteiger partial charge in [0, 0.05) is 43.0 Å². The van der Waals surface area contributed by atoms with E-state index in [4.69, 9.17) is 22.3 Å². The van der Waals surface area contributed by atoms with E-state index in [0.717, 1.165) is 48.8 Å². The molecule has 7 heteroatoms. The predicted octanol–water partition coefficient (Wildman–Crippen LogP) is 2.34. The van der Waals surface area contributed by atoms with Gasteiger partial charge in [-0.2, -0.15) is 0 Å². The maximum absolute atomic E-state index is 12.6. The Morgan fingerprint density at radius 1 is 1.17 bits per heavy atom. The molecule has 3 heterocycles. The third-order valence-electron chi connectivity index (χ3n) is 5.70. The molecule has 29 heavy (non-hydrogen) atoms. The van der Waals surface area contributed by atoms with Crippen LogP contribution in [-0.2, 0) is 10.2 Å². The summed E-state index contributed by atoms with van der Waals surface area (Å²) in [6, 6.07) is 11.2. The maximum atomic E-state index is 12.6. The van der Waals surface area contributed by atoms with Crippen molar-refractivity contribution in [1.82, 2.24) is 14.8 Å². The first-order chi connectivity index (χ1) is 14.0. The summed E-state index contributed by atoms with van der Waals surface area (Å²) < 4.78 is 0. The number of piperazine rings is 1. The lowest BCUT2D eigenvalue weighted by Crippen LogP contribution is -2.49.